The van der Waals surface area contributed by atoms with Crippen molar-refractivity contribution in [3.05, 3.63) is 35.6 Å². The summed E-state index contributed by atoms with van der Waals surface area (Å²) in [6.07, 6.45) is 1.89. The summed E-state index contributed by atoms with van der Waals surface area (Å²) in [5.41, 5.74) is 0.994. The van der Waals surface area contributed by atoms with Gasteiger partial charge in [-0.15, -0.1) is 0 Å². The maximum Gasteiger partial charge on any atom is 0.126 e. The predicted molar refractivity (Wildman–Crippen MR) is 71.6 cm³/mol. The Balaban J connectivity index is 2.35. The van der Waals surface area contributed by atoms with Gasteiger partial charge in [0.05, 0.1) is 0 Å². The molecule has 2 heteroatoms. The zero-order valence-electron chi connectivity index (χ0n) is 11.4. The van der Waals surface area contributed by atoms with Crippen molar-refractivity contribution in [3.8, 4) is 0 Å². The highest BCUT2D eigenvalue weighted by Gasteiger charge is 2.11. The molecule has 0 aliphatic carbocycles. The van der Waals surface area contributed by atoms with Gasteiger partial charge < -0.3 is 5.32 Å². The standard InChI is InChI=1S/C15H24FN/c1-12(9-10-17-15(2,3)4)11-13-7-5-6-8-14(13)16/h5-8,12,17H,9-11H2,1-4H3. The van der Waals surface area contributed by atoms with Crippen LogP contribution in [0.3, 0.4) is 0 Å². The van der Waals surface area contributed by atoms with Crippen LogP contribution in [0.1, 0.15) is 39.7 Å². The fourth-order valence-electron chi connectivity index (χ4n) is 1.83. The van der Waals surface area contributed by atoms with Crippen molar-refractivity contribution in [1.29, 1.82) is 0 Å². The van der Waals surface area contributed by atoms with Crippen LogP contribution in [0.2, 0.25) is 0 Å². The second-order valence-electron chi connectivity index (χ2n) is 5.87. The monoisotopic (exact) mass is 237 g/mol. The third-order valence-electron chi connectivity index (χ3n) is 2.82. The third-order valence-corrected chi connectivity index (χ3v) is 2.82. The minimum absolute atomic E-state index is 0.0804. The molecule has 1 unspecified atom stereocenters. The molecule has 0 saturated carbocycles. The Labute approximate surface area is 104 Å². The molecule has 1 atom stereocenters. The molecule has 0 saturated heterocycles. The van der Waals surface area contributed by atoms with Crippen molar-refractivity contribution in [3.63, 3.8) is 0 Å². The van der Waals surface area contributed by atoms with E-state index < -0.39 is 0 Å². The van der Waals surface area contributed by atoms with Crippen LogP contribution in [0, 0.1) is 11.7 Å². The Hall–Kier alpha value is -0.890. The lowest BCUT2D eigenvalue weighted by Crippen LogP contribution is -2.37. The normalized spacial score (nSPS) is 13.7. The lowest BCUT2D eigenvalue weighted by atomic mass is 9.97. The van der Waals surface area contributed by atoms with Gasteiger partial charge >= 0.3 is 0 Å². The Bertz CT molecular complexity index is 341. The SMILES string of the molecule is CC(CCNC(C)(C)C)Cc1ccccc1F. The van der Waals surface area contributed by atoms with Crippen molar-refractivity contribution in [2.24, 2.45) is 5.92 Å². The topological polar surface area (TPSA) is 12.0 Å². The van der Waals surface area contributed by atoms with E-state index in [-0.39, 0.29) is 11.4 Å². The quantitative estimate of drug-likeness (QED) is 0.821. The van der Waals surface area contributed by atoms with Crippen LogP contribution >= 0.6 is 0 Å². The maximum atomic E-state index is 13.4. The van der Waals surface area contributed by atoms with Crippen molar-refractivity contribution < 1.29 is 4.39 Å². The van der Waals surface area contributed by atoms with E-state index in [1.807, 2.05) is 12.1 Å². The van der Waals surface area contributed by atoms with Gasteiger partial charge in [0, 0.05) is 5.54 Å². The first-order valence-electron chi connectivity index (χ1n) is 6.37. The number of halogens is 1. The van der Waals surface area contributed by atoms with Crippen LogP contribution in [0.25, 0.3) is 0 Å². The van der Waals surface area contributed by atoms with Crippen LogP contribution in [0.5, 0.6) is 0 Å². The minimum atomic E-state index is -0.0804. The number of hydrogen-bond acceptors (Lipinski definition) is 1. The maximum absolute atomic E-state index is 13.4. The van der Waals surface area contributed by atoms with Gasteiger partial charge in [0.1, 0.15) is 5.82 Å². The smallest absolute Gasteiger partial charge is 0.126 e. The number of benzene rings is 1. The molecule has 96 valence electrons. The molecule has 0 fully saturated rings. The minimum Gasteiger partial charge on any atom is -0.312 e. The first-order chi connectivity index (χ1) is 7.88. The summed E-state index contributed by atoms with van der Waals surface area (Å²) in [6, 6.07) is 7.06. The van der Waals surface area contributed by atoms with E-state index in [2.05, 4.69) is 33.0 Å². The molecule has 0 radical (unpaired) electrons. The van der Waals surface area contributed by atoms with E-state index in [4.69, 9.17) is 0 Å². The van der Waals surface area contributed by atoms with Crippen molar-refractivity contribution in [2.45, 2.75) is 46.1 Å². The summed E-state index contributed by atoms with van der Waals surface area (Å²) in [5.74, 6) is 0.421. The highest BCUT2D eigenvalue weighted by atomic mass is 19.1. The van der Waals surface area contributed by atoms with Crippen LogP contribution in [-0.2, 0) is 6.42 Å². The molecular formula is C15H24FN. The van der Waals surface area contributed by atoms with Gasteiger partial charge in [0.2, 0.25) is 0 Å². The Morgan fingerprint density at radius 2 is 1.88 bits per heavy atom. The molecule has 0 aliphatic rings. The number of nitrogens with one attached hydrogen (secondary N) is 1. The lowest BCUT2D eigenvalue weighted by Gasteiger charge is -2.22. The average molecular weight is 237 g/mol. The van der Waals surface area contributed by atoms with Gasteiger partial charge in [-0.3, -0.25) is 0 Å². The van der Waals surface area contributed by atoms with Crippen molar-refractivity contribution >= 4 is 0 Å². The van der Waals surface area contributed by atoms with Crippen LogP contribution < -0.4 is 5.32 Å². The average Bonchev–Trinajstić information content (AvgIpc) is 2.19. The zero-order valence-corrected chi connectivity index (χ0v) is 11.4. The molecule has 1 aromatic rings. The zero-order chi connectivity index (χ0) is 12.9. The van der Waals surface area contributed by atoms with E-state index in [1.165, 1.54) is 6.07 Å². The Morgan fingerprint density at radius 1 is 1.24 bits per heavy atom. The van der Waals surface area contributed by atoms with Crippen molar-refractivity contribution in [2.75, 3.05) is 6.54 Å². The molecular weight excluding hydrogens is 213 g/mol. The molecule has 0 bridgehead atoms. The van der Waals surface area contributed by atoms with E-state index in [9.17, 15) is 4.39 Å². The summed E-state index contributed by atoms with van der Waals surface area (Å²) < 4.78 is 13.4. The van der Waals surface area contributed by atoms with Gasteiger partial charge in [-0.25, -0.2) is 4.39 Å². The molecule has 17 heavy (non-hydrogen) atoms. The molecule has 0 aliphatic heterocycles. The van der Waals surface area contributed by atoms with Gasteiger partial charge in [-0.1, -0.05) is 25.1 Å². The predicted octanol–water partition coefficient (Wildman–Crippen LogP) is 3.78. The first kappa shape index (κ1) is 14.2. The summed E-state index contributed by atoms with van der Waals surface area (Å²) >= 11 is 0. The Morgan fingerprint density at radius 3 is 2.47 bits per heavy atom. The molecule has 1 rings (SSSR count). The summed E-state index contributed by atoms with van der Waals surface area (Å²) in [4.78, 5) is 0. The molecule has 0 aromatic heterocycles. The number of hydrogen-bond donors (Lipinski definition) is 1. The van der Waals surface area contributed by atoms with Crippen molar-refractivity contribution in [1.82, 2.24) is 5.32 Å². The molecule has 1 aromatic carbocycles. The second-order valence-corrected chi connectivity index (χ2v) is 5.87. The van der Waals surface area contributed by atoms with E-state index in [1.54, 1.807) is 6.07 Å². The molecule has 1 N–H and O–H groups in total. The molecule has 1 nitrogen and oxygen atoms in total. The Kier molecular flexibility index (Phi) is 5.13. The summed E-state index contributed by atoms with van der Waals surface area (Å²) in [5, 5.41) is 3.46. The molecule has 0 spiro atoms. The fourth-order valence-corrected chi connectivity index (χ4v) is 1.83. The highest BCUT2D eigenvalue weighted by Crippen LogP contribution is 2.14. The van der Waals surface area contributed by atoms with Gasteiger partial charge in [0.25, 0.3) is 0 Å². The number of rotatable bonds is 5. The fraction of sp³-hybridized carbons (Fsp3) is 0.600. The van der Waals surface area contributed by atoms with E-state index >= 15 is 0 Å². The van der Waals surface area contributed by atoms with Gasteiger partial charge in [0.15, 0.2) is 0 Å². The van der Waals surface area contributed by atoms with Crippen LogP contribution in [-0.4, -0.2) is 12.1 Å². The third kappa shape index (κ3) is 5.83. The molecule has 0 amide bonds. The largest absolute Gasteiger partial charge is 0.312 e. The first-order valence-corrected chi connectivity index (χ1v) is 6.37. The summed E-state index contributed by atoms with van der Waals surface area (Å²) in [7, 11) is 0. The highest BCUT2D eigenvalue weighted by molar-refractivity contribution is 5.17. The van der Waals surface area contributed by atoms with Gasteiger partial charge in [-0.05, 0) is 57.7 Å². The lowest BCUT2D eigenvalue weighted by molar-refractivity contribution is 0.392. The molecule has 0 heterocycles. The van der Waals surface area contributed by atoms with E-state index in [0.717, 1.165) is 24.9 Å². The van der Waals surface area contributed by atoms with Gasteiger partial charge in [-0.2, -0.15) is 0 Å². The van der Waals surface area contributed by atoms with E-state index in [0.29, 0.717) is 5.92 Å². The van der Waals surface area contributed by atoms with Crippen LogP contribution in [0.4, 0.5) is 4.39 Å². The summed E-state index contributed by atoms with van der Waals surface area (Å²) in [6.45, 7) is 9.65. The van der Waals surface area contributed by atoms with Crippen LogP contribution in [0.15, 0.2) is 24.3 Å². The second kappa shape index (κ2) is 6.15.